The Kier molecular flexibility index (Phi) is 14.6. The summed E-state index contributed by atoms with van der Waals surface area (Å²) in [5, 5.41) is 129. The Bertz CT molecular complexity index is 1800. The van der Waals surface area contributed by atoms with E-state index in [-0.39, 0.29) is 58.4 Å². The smallest absolute Gasteiger partial charge is 0.311 e. The monoisotopic (exact) mass is 959 g/mol. The summed E-state index contributed by atoms with van der Waals surface area (Å²) in [5.74, 6) is -0.685. The van der Waals surface area contributed by atoms with Gasteiger partial charge in [-0.2, -0.15) is 0 Å². The highest BCUT2D eigenvalue weighted by molar-refractivity contribution is 5.73. The highest BCUT2D eigenvalue weighted by Gasteiger charge is 2.69. The molecule has 0 spiro atoms. The standard InChI is InChI=1S/C48H78O19/c1-19-14-23(22-10-12-47(6)24(30(22)20(19)2)8-9-29-45(4)15-25(51)40(60)46(5,18-50)28(45)11-13-48(29,47)7)41(61)67-44-37(58)34(55)32(53)27(65-44)17-62-42-38(59)35(56)39(26(16-49)64-42)66-43-36(57)33(54)31(52)21(3)63-43/h8,19-23,25-40,42-44,49-60H,9-18H2,1-7H3/t19-,20+,21-,22?,23-,25-,26-,27-,28-,29-,30+,31+,32-,33-,34+,35-,36-,37-,38-,39-,40+,42-,43+,44+,45+,46+,47-,48-/m1/s1. The van der Waals surface area contributed by atoms with Crippen molar-refractivity contribution in [3.63, 3.8) is 0 Å². The molecule has 0 bridgehead atoms. The molecule has 3 aliphatic heterocycles. The van der Waals surface area contributed by atoms with E-state index in [4.69, 9.17) is 28.4 Å². The zero-order valence-electron chi connectivity index (χ0n) is 39.7. The molecular weight excluding hydrogens is 881 g/mol. The second kappa shape index (κ2) is 18.9. The largest absolute Gasteiger partial charge is 0.432 e. The van der Waals surface area contributed by atoms with Crippen LogP contribution in [-0.2, 0) is 33.2 Å². The minimum Gasteiger partial charge on any atom is -0.432 e. The van der Waals surface area contributed by atoms with Crippen LogP contribution in [0.1, 0.15) is 93.4 Å². The van der Waals surface area contributed by atoms with Gasteiger partial charge in [-0.1, -0.05) is 53.2 Å². The molecule has 67 heavy (non-hydrogen) atoms. The molecule has 4 saturated carbocycles. The Labute approximate surface area is 392 Å². The van der Waals surface area contributed by atoms with Crippen LogP contribution < -0.4 is 0 Å². The molecule has 1 unspecified atom stereocenters. The molecule has 28 atom stereocenters. The van der Waals surface area contributed by atoms with Gasteiger partial charge in [-0.3, -0.25) is 4.79 Å². The van der Waals surface area contributed by atoms with Gasteiger partial charge in [0, 0.05) is 5.41 Å². The van der Waals surface area contributed by atoms with Crippen molar-refractivity contribution in [1.82, 2.24) is 0 Å². The Balaban J connectivity index is 0.945. The van der Waals surface area contributed by atoms with Crippen molar-refractivity contribution in [1.29, 1.82) is 0 Å². The molecule has 0 amide bonds. The summed E-state index contributed by atoms with van der Waals surface area (Å²) in [4.78, 5) is 14.5. The second-order valence-corrected chi connectivity index (χ2v) is 22.9. The first-order chi connectivity index (χ1) is 31.4. The van der Waals surface area contributed by atoms with Gasteiger partial charge in [0.2, 0.25) is 6.29 Å². The Morgan fingerprint density at radius 2 is 1.37 bits per heavy atom. The number of carbonyl (C=O) groups is 1. The van der Waals surface area contributed by atoms with Gasteiger partial charge in [0.1, 0.15) is 67.1 Å². The van der Waals surface area contributed by atoms with Gasteiger partial charge in [-0.05, 0) is 104 Å². The minimum absolute atomic E-state index is 0.0243. The van der Waals surface area contributed by atoms with Crippen LogP contribution in [0.2, 0.25) is 0 Å². The Hall–Kier alpha value is -1.47. The molecule has 8 aliphatic rings. The van der Waals surface area contributed by atoms with Crippen LogP contribution in [0, 0.1) is 63.1 Å². The van der Waals surface area contributed by atoms with E-state index in [1.54, 1.807) is 0 Å². The molecule has 8 rings (SSSR count). The molecule has 0 radical (unpaired) electrons. The lowest BCUT2D eigenvalue weighted by Crippen LogP contribution is -2.67. The molecule has 5 aliphatic carbocycles. The summed E-state index contributed by atoms with van der Waals surface area (Å²) < 4.78 is 34.4. The van der Waals surface area contributed by atoms with Gasteiger partial charge >= 0.3 is 5.97 Å². The van der Waals surface area contributed by atoms with Crippen LogP contribution in [0.5, 0.6) is 0 Å². The van der Waals surface area contributed by atoms with E-state index >= 15 is 0 Å². The fraction of sp³-hybridized carbons (Fsp3) is 0.938. The lowest BCUT2D eigenvalue weighted by Gasteiger charge is -2.71. The van der Waals surface area contributed by atoms with Crippen molar-refractivity contribution in [2.24, 2.45) is 63.1 Å². The van der Waals surface area contributed by atoms with Crippen LogP contribution in [-0.4, -0.2) is 191 Å². The van der Waals surface area contributed by atoms with Crippen molar-refractivity contribution >= 4 is 5.97 Å². The van der Waals surface area contributed by atoms with Crippen LogP contribution in [0.15, 0.2) is 11.6 Å². The SMILES string of the molecule is C[C@H]1[C@H](C)C[C@@H](C(=O)O[C@@H]2O[C@H](CO[C@@H]3O[C@H](CO)[C@@H](O[C@@H]4O[C@H](C)[C@H](O)[C@@H](O)[C@H]4O)[C@H](O)[C@H]3O)[C@@H](O)[C@H](O)[C@H]2O)C2CC[C@]3(C)C(=CC[C@@H]4[C@@]5(C)C[C@@H](O)[C@H](O)[C@@](C)(CO)[C@@H]5CC[C@]43C)[C@H]21. The van der Waals surface area contributed by atoms with Crippen LogP contribution in [0.3, 0.4) is 0 Å². The normalized spacial score (nSPS) is 56.7. The lowest BCUT2D eigenvalue weighted by atomic mass is 9.34. The number of hydrogen-bond acceptors (Lipinski definition) is 19. The summed E-state index contributed by atoms with van der Waals surface area (Å²) in [6.07, 6.45) is -18.8. The Morgan fingerprint density at radius 1 is 0.731 bits per heavy atom. The molecule has 384 valence electrons. The highest BCUT2D eigenvalue weighted by atomic mass is 16.8. The van der Waals surface area contributed by atoms with Crippen molar-refractivity contribution in [3.05, 3.63) is 11.6 Å². The first-order valence-corrected chi connectivity index (χ1v) is 24.6. The fourth-order valence-corrected chi connectivity index (χ4v) is 15.2. The number of rotatable bonds is 9. The molecular formula is C48H78O19. The van der Waals surface area contributed by atoms with Gasteiger partial charge in [0.05, 0.1) is 44.1 Å². The lowest BCUT2D eigenvalue weighted by molar-refractivity contribution is -0.361. The average molecular weight is 959 g/mol. The number of ether oxygens (including phenoxy) is 6. The first-order valence-electron chi connectivity index (χ1n) is 24.6. The maximum Gasteiger partial charge on any atom is 0.311 e. The Morgan fingerprint density at radius 3 is 2.04 bits per heavy atom. The molecule has 0 aromatic carbocycles. The van der Waals surface area contributed by atoms with E-state index in [0.29, 0.717) is 12.8 Å². The van der Waals surface area contributed by atoms with E-state index in [1.165, 1.54) is 12.5 Å². The molecule has 3 heterocycles. The maximum atomic E-state index is 14.5. The molecule has 19 nitrogen and oxygen atoms in total. The third-order valence-electron chi connectivity index (χ3n) is 19.6. The second-order valence-electron chi connectivity index (χ2n) is 22.9. The average Bonchev–Trinajstić information content (AvgIpc) is 3.29. The number of aliphatic hydroxyl groups excluding tert-OH is 12. The predicted octanol–water partition coefficient (Wildman–Crippen LogP) is -1.18. The summed E-state index contributed by atoms with van der Waals surface area (Å²) in [5.41, 5.74) is -0.206. The van der Waals surface area contributed by atoms with E-state index in [1.807, 2.05) is 6.92 Å². The van der Waals surface area contributed by atoms with Gasteiger partial charge in [-0.25, -0.2) is 0 Å². The number of esters is 1. The molecule has 0 aromatic rings. The van der Waals surface area contributed by atoms with Gasteiger partial charge in [0.25, 0.3) is 0 Å². The molecule has 7 fully saturated rings. The van der Waals surface area contributed by atoms with Crippen molar-refractivity contribution in [3.8, 4) is 0 Å². The summed E-state index contributed by atoms with van der Waals surface area (Å²) in [6, 6.07) is 0. The van der Waals surface area contributed by atoms with E-state index in [0.717, 1.165) is 32.1 Å². The van der Waals surface area contributed by atoms with E-state index in [9.17, 15) is 66.1 Å². The number of aliphatic hydroxyl groups is 12. The molecule has 3 saturated heterocycles. The summed E-state index contributed by atoms with van der Waals surface area (Å²) in [6.45, 7) is 13.1. The number of hydrogen-bond donors (Lipinski definition) is 12. The van der Waals surface area contributed by atoms with Crippen molar-refractivity contribution in [2.45, 2.75) is 198 Å². The van der Waals surface area contributed by atoms with E-state index < -0.39 is 135 Å². The third-order valence-corrected chi connectivity index (χ3v) is 19.6. The van der Waals surface area contributed by atoms with Gasteiger partial charge < -0.3 is 89.7 Å². The fourth-order valence-electron chi connectivity index (χ4n) is 15.2. The van der Waals surface area contributed by atoms with Crippen LogP contribution in [0.4, 0.5) is 0 Å². The van der Waals surface area contributed by atoms with Crippen LogP contribution in [0.25, 0.3) is 0 Å². The third kappa shape index (κ3) is 8.19. The van der Waals surface area contributed by atoms with Crippen molar-refractivity contribution in [2.75, 3.05) is 19.8 Å². The van der Waals surface area contributed by atoms with E-state index in [2.05, 4.69) is 40.7 Å². The molecule has 0 aromatic heterocycles. The highest BCUT2D eigenvalue weighted by Crippen LogP contribution is 2.74. The molecule has 19 heteroatoms. The minimum atomic E-state index is -1.85. The summed E-state index contributed by atoms with van der Waals surface area (Å²) >= 11 is 0. The van der Waals surface area contributed by atoms with Crippen molar-refractivity contribution < 1.29 is 94.5 Å². The number of allylic oxidation sites excluding steroid dienone is 2. The topological polar surface area (TPSA) is 315 Å². The zero-order chi connectivity index (χ0) is 49.0. The number of carbonyl (C=O) groups excluding carboxylic acids is 1. The summed E-state index contributed by atoms with van der Waals surface area (Å²) in [7, 11) is 0. The van der Waals surface area contributed by atoms with Gasteiger partial charge in [-0.15, -0.1) is 0 Å². The quantitative estimate of drug-likeness (QED) is 0.0957. The molecule has 12 N–H and O–H groups in total. The zero-order valence-corrected chi connectivity index (χ0v) is 39.7. The predicted molar refractivity (Wildman–Crippen MR) is 231 cm³/mol. The van der Waals surface area contributed by atoms with Gasteiger partial charge in [0.15, 0.2) is 12.6 Å². The first kappa shape index (κ1) is 51.9. The number of fused-ring (bicyclic) bond motifs is 7. The maximum absolute atomic E-state index is 14.5. The van der Waals surface area contributed by atoms with Crippen LogP contribution >= 0.6 is 0 Å².